The second-order valence-electron chi connectivity index (χ2n) is 5.63. The molecule has 0 bridgehead atoms. The van der Waals surface area contributed by atoms with E-state index in [9.17, 15) is 0 Å². The van der Waals surface area contributed by atoms with Crippen molar-refractivity contribution in [3.05, 3.63) is 35.4 Å². The molecule has 0 amide bonds. The van der Waals surface area contributed by atoms with Crippen molar-refractivity contribution in [1.82, 2.24) is 4.90 Å². The van der Waals surface area contributed by atoms with Crippen molar-refractivity contribution in [3.8, 4) is 6.07 Å². The van der Waals surface area contributed by atoms with Crippen LogP contribution in [0.5, 0.6) is 0 Å². The van der Waals surface area contributed by atoms with E-state index in [4.69, 9.17) is 5.26 Å². The molecule has 0 spiro atoms. The van der Waals surface area contributed by atoms with E-state index in [1.54, 1.807) is 0 Å². The molecule has 0 radical (unpaired) electrons. The first-order valence-electron chi connectivity index (χ1n) is 6.85. The molecule has 2 heteroatoms. The van der Waals surface area contributed by atoms with Gasteiger partial charge in [-0.2, -0.15) is 5.26 Å². The summed E-state index contributed by atoms with van der Waals surface area (Å²) in [4.78, 5) is 2.27. The lowest BCUT2D eigenvalue weighted by molar-refractivity contribution is 0.286. The highest BCUT2D eigenvalue weighted by atomic mass is 15.1. The number of rotatable bonds is 6. The minimum absolute atomic E-state index is 0.0309. The van der Waals surface area contributed by atoms with Gasteiger partial charge in [0, 0.05) is 13.1 Å². The lowest BCUT2D eigenvalue weighted by atomic mass is 10.1. The fraction of sp³-hybridized carbons (Fsp3) is 0.562. The van der Waals surface area contributed by atoms with Crippen LogP contribution in [0.3, 0.4) is 0 Å². The molecule has 1 aromatic rings. The molecular weight excluding hydrogens is 220 g/mol. The summed E-state index contributed by atoms with van der Waals surface area (Å²) in [5.74, 6) is 0. The molecule has 1 aliphatic carbocycles. The van der Waals surface area contributed by atoms with Crippen LogP contribution >= 0.6 is 0 Å². The lowest BCUT2D eigenvalue weighted by Gasteiger charge is -2.19. The SMILES string of the molecule is CCCc1ccc(CN(C)CC2(C#N)CC2)cc1. The van der Waals surface area contributed by atoms with E-state index in [-0.39, 0.29) is 5.41 Å². The molecule has 0 N–H and O–H groups in total. The van der Waals surface area contributed by atoms with Gasteiger partial charge in [0.1, 0.15) is 0 Å². The van der Waals surface area contributed by atoms with Gasteiger partial charge >= 0.3 is 0 Å². The summed E-state index contributed by atoms with van der Waals surface area (Å²) in [6.45, 7) is 4.05. The number of hydrogen-bond acceptors (Lipinski definition) is 2. The minimum Gasteiger partial charge on any atom is -0.301 e. The fourth-order valence-electron chi connectivity index (χ4n) is 2.44. The first-order valence-corrected chi connectivity index (χ1v) is 6.85. The molecule has 1 aromatic carbocycles. The Labute approximate surface area is 110 Å². The highest BCUT2D eigenvalue weighted by Crippen LogP contribution is 2.45. The van der Waals surface area contributed by atoms with Crippen molar-refractivity contribution >= 4 is 0 Å². The Morgan fingerprint density at radius 1 is 1.22 bits per heavy atom. The lowest BCUT2D eigenvalue weighted by Crippen LogP contribution is -2.25. The maximum absolute atomic E-state index is 9.09. The number of nitrogens with zero attached hydrogens (tertiary/aromatic N) is 2. The molecule has 18 heavy (non-hydrogen) atoms. The summed E-state index contributed by atoms with van der Waals surface area (Å²) in [5, 5.41) is 9.09. The smallest absolute Gasteiger partial charge is 0.0703 e. The molecule has 2 nitrogen and oxygen atoms in total. The maximum Gasteiger partial charge on any atom is 0.0703 e. The van der Waals surface area contributed by atoms with E-state index in [2.05, 4.69) is 49.2 Å². The van der Waals surface area contributed by atoms with Gasteiger partial charge in [0.25, 0.3) is 0 Å². The van der Waals surface area contributed by atoms with Gasteiger partial charge in [0.05, 0.1) is 11.5 Å². The van der Waals surface area contributed by atoms with Crippen LogP contribution in [0.1, 0.15) is 37.3 Å². The zero-order valence-corrected chi connectivity index (χ0v) is 11.4. The third kappa shape index (κ3) is 3.34. The van der Waals surface area contributed by atoms with Gasteiger partial charge in [0.15, 0.2) is 0 Å². The molecule has 1 aliphatic rings. The molecule has 96 valence electrons. The number of benzene rings is 1. The molecule has 0 saturated heterocycles. The van der Waals surface area contributed by atoms with Crippen molar-refractivity contribution in [2.24, 2.45) is 5.41 Å². The summed E-state index contributed by atoms with van der Waals surface area (Å²) >= 11 is 0. The molecule has 1 saturated carbocycles. The summed E-state index contributed by atoms with van der Waals surface area (Å²) < 4.78 is 0. The minimum atomic E-state index is -0.0309. The van der Waals surface area contributed by atoms with Gasteiger partial charge in [-0.1, -0.05) is 37.6 Å². The molecule has 0 atom stereocenters. The van der Waals surface area contributed by atoms with Gasteiger partial charge < -0.3 is 4.90 Å². The van der Waals surface area contributed by atoms with Gasteiger partial charge in [-0.05, 0) is 37.4 Å². The van der Waals surface area contributed by atoms with Gasteiger partial charge in [-0.15, -0.1) is 0 Å². The largest absolute Gasteiger partial charge is 0.301 e. The molecule has 0 aromatic heterocycles. The van der Waals surface area contributed by atoms with E-state index >= 15 is 0 Å². The predicted octanol–water partition coefficient (Wildman–Crippen LogP) is 3.37. The zero-order chi connectivity index (χ0) is 13.0. The normalized spacial score (nSPS) is 16.6. The Kier molecular flexibility index (Phi) is 4.04. The van der Waals surface area contributed by atoms with Crippen molar-refractivity contribution in [3.63, 3.8) is 0 Å². The van der Waals surface area contributed by atoms with Crippen LogP contribution in [0.2, 0.25) is 0 Å². The standard InChI is InChI=1S/C16H22N2/c1-3-4-14-5-7-15(8-6-14)11-18(2)13-16(12-17)9-10-16/h5-8H,3-4,9-11,13H2,1-2H3. The zero-order valence-electron chi connectivity index (χ0n) is 11.4. The average molecular weight is 242 g/mol. The van der Waals surface area contributed by atoms with Crippen molar-refractivity contribution < 1.29 is 0 Å². The Morgan fingerprint density at radius 3 is 2.33 bits per heavy atom. The maximum atomic E-state index is 9.09. The van der Waals surface area contributed by atoms with Crippen molar-refractivity contribution in [1.29, 1.82) is 5.26 Å². The van der Waals surface area contributed by atoms with Crippen LogP contribution < -0.4 is 0 Å². The Hall–Kier alpha value is -1.33. The monoisotopic (exact) mass is 242 g/mol. The summed E-state index contributed by atoms with van der Waals surface area (Å²) in [6.07, 6.45) is 4.50. The Morgan fingerprint density at radius 2 is 1.83 bits per heavy atom. The van der Waals surface area contributed by atoms with Crippen LogP contribution in [0.25, 0.3) is 0 Å². The average Bonchev–Trinajstić information content (AvgIpc) is 3.12. The summed E-state index contributed by atoms with van der Waals surface area (Å²) in [5.41, 5.74) is 2.72. The second kappa shape index (κ2) is 5.54. The van der Waals surface area contributed by atoms with Crippen LogP contribution in [0, 0.1) is 16.7 Å². The quantitative estimate of drug-likeness (QED) is 0.764. The van der Waals surface area contributed by atoms with Crippen LogP contribution in [0.15, 0.2) is 24.3 Å². The third-order valence-corrected chi connectivity index (χ3v) is 3.68. The third-order valence-electron chi connectivity index (χ3n) is 3.68. The van der Waals surface area contributed by atoms with Crippen molar-refractivity contribution in [2.75, 3.05) is 13.6 Å². The molecule has 0 heterocycles. The summed E-state index contributed by atoms with van der Waals surface area (Å²) in [7, 11) is 2.11. The van der Waals surface area contributed by atoms with Gasteiger partial charge in [0.2, 0.25) is 0 Å². The molecular formula is C16H22N2. The topological polar surface area (TPSA) is 27.0 Å². The molecule has 0 unspecified atom stereocenters. The Balaban J connectivity index is 1.87. The number of nitriles is 1. The highest BCUT2D eigenvalue weighted by Gasteiger charge is 2.43. The van der Waals surface area contributed by atoms with Crippen LogP contribution in [-0.4, -0.2) is 18.5 Å². The Bertz CT molecular complexity index is 423. The van der Waals surface area contributed by atoms with E-state index in [0.29, 0.717) is 0 Å². The summed E-state index contributed by atoms with van der Waals surface area (Å²) in [6, 6.07) is 11.3. The first kappa shape index (κ1) is 13.1. The highest BCUT2D eigenvalue weighted by molar-refractivity contribution is 5.22. The molecule has 0 aliphatic heterocycles. The fourth-order valence-corrected chi connectivity index (χ4v) is 2.44. The van der Waals surface area contributed by atoms with Gasteiger partial charge in [-0.25, -0.2) is 0 Å². The van der Waals surface area contributed by atoms with E-state index < -0.39 is 0 Å². The number of hydrogen-bond donors (Lipinski definition) is 0. The van der Waals surface area contributed by atoms with E-state index in [1.807, 2.05) is 0 Å². The van der Waals surface area contributed by atoms with Crippen LogP contribution in [0.4, 0.5) is 0 Å². The number of aryl methyl sites for hydroxylation is 1. The predicted molar refractivity (Wildman–Crippen MR) is 74.1 cm³/mol. The molecule has 2 rings (SSSR count). The van der Waals surface area contributed by atoms with E-state index in [1.165, 1.54) is 17.5 Å². The van der Waals surface area contributed by atoms with Crippen LogP contribution in [-0.2, 0) is 13.0 Å². The van der Waals surface area contributed by atoms with Gasteiger partial charge in [-0.3, -0.25) is 0 Å². The first-order chi connectivity index (χ1) is 8.67. The molecule has 1 fully saturated rings. The van der Waals surface area contributed by atoms with Crippen molar-refractivity contribution in [2.45, 2.75) is 39.2 Å². The second-order valence-corrected chi connectivity index (χ2v) is 5.63. The van der Waals surface area contributed by atoms with E-state index in [0.717, 1.165) is 32.4 Å².